The van der Waals surface area contributed by atoms with Crippen molar-refractivity contribution in [3.63, 3.8) is 0 Å². The molecule has 3 rings (SSSR count). The van der Waals surface area contributed by atoms with Gasteiger partial charge in [0.1, 0.15) is 5.82 Å². The Balaban J connectivity index is 1.67. The number of aromatic nitrogens is 2. The smallest absolute Gasteiger partial charge is 0.234 e. The number of imidazole rings is 1. The molecule has 2 aromatic carbocycles. The molecule has 0 unspecified atom stereocenters. The molecule has 26 heavy (non-hydrogen) atoms. The van der Waals surface area contributed by atoms with E-state index in [9.17, 15) is 14.3 Å². The molecule has 0 saturated carbocycles. The highest BCUT2D eigenvalue weighted by atomic mass is 32.2. The van der Waals surface area contributed by atoms with Crippen molar-refractivity contribution in [1.82, 2.24) is 9.55 Å². The van der Waals surface area contributed by atoms with Crippen molar-refractivity contribution >= 4 is 23.4 Å². The first-order chi connectivity index (χ1) is 12.7. The fourth-order valence-electron chi connectivity index (χ4n) is 2.45. The van der Waals surface area contributed by atoms with Gasteiger partial charge in [-0.3, -0.25) is 4.79 Å². The zero-order valence-electron chi connectivity index (χ0n) is 13.9. The number of nitrogens with one attached hydrogen (secondary N) is 1. The van der Waals surface area contributed by atoms with Crippen molar-refractivity contribution in [1.29, 1.82) is 0 Å². The number of amides is 1. The Labute approximate surface area is 154 Å². The minimum Gasteiger partial charge on any atom is -0.390 e. The molecule has 0 saturated heterocycles. The SMILES string of the molecule is O=C(CSc1ncc(CO)n1Cc1ccccc1)Nc1ccccc1F. The summed E-state index contributed by atoms with van der Waals surface area (Å²) < 4.78 is 15.5. The first-order valence-electron chi connectivity index (χ1n) is 8.03. The van der Waals surface area contributed by atoms with Gasteiger partial charge in [-0.15, -0.1) is 0 Å². The third-order valence-electron chi connectivity index (χ3n) is 3.73. The normalized spacial score (nSPS) is 10.7. The number of aliphatic hydroxyl groups excluding tert-OH is 1. The van der Waals surface area contributed by atoms with Gasteiger partial charge in [0.25, 0.3) is 0 Å². The average molecular weight is 371 g/mol. The molecule has 0 aliphatic heterocycles. The van der Waals surface area contributed by atoms with E-state index in [1.54, 1.807) is 18.3 Å². The maximum absolute atomic E-state index is 13.6. The summed E-state index contributed by atoms with van der Waals surface area (Å²) in [5, 5.41) is 12.7. The van der Waals surface area contributed by atoms with E-state index in [1.807, 2.05) is 34.9 Å². The Morgan fingerprint density at radius 2 is 1.88 bits per heavy atom. The lowest BCUT2D eigenvalue weighted by atomic mass is 10.2. The molecule has 134 valence electrons. The van der Waals surface area contributed by atoms with E-state index < -0.39 is 5.82 Å². The summed E-state index contributed by atoms with van der Waals surface area (Å²) in [5.41, 5.74) is 1.89. The van der Waals surface area contributed by atoms with Gasteiger partial charge < -0.3 is 15.0 Å². The zero-order chi connectivity index (χ0) is 18.4. The number of rotatable bonds is 7. The van der Waals surface area contributed by atoms with E-state index in [1.165, 1.54) is 23.9 Å². The molecule has 5 nitrogen and oxygen atoms in total. The molecule has 0 aliphatic rings. The van der Waals surface area contributed by atoms with Crippen molar-refractivity contribution in [2.75, 3.05) is 11.1 Å². The molecular weight excluding hydrogens is 353 g/mol. The van der Waals surface area contributed by atoms with Crippen LogP contribution in [-0.2, 0) is 17.9 Å². The lowest BCUT2D eigenvalue weighted by molar-refractivity contribution is -0.113. The van der Waals surface area contributed by atoms with Gasteiger partial charge in [-0.2, -0.15) is 0 Å². The highest BCUT2D eigenvalue weighted by Crippen LogP contribution is 2.21. The monoisotopic (exact) mass is 371 g/mol. The molecular formula is C19H18FN3O2S. The maximum Gasteiger partial charge on any atom is 0.234 e. The number of halogens is 1. The van der Waals surface area contributed by atoms with E-state index in [-0.39, 0.29) is 24.0 Å². The second-order valence-corrected chi connectivity index (χ2v) is 6.52. The molecule has 7 heteroatoms. The van der Waals surface area contributed by atoms with Crippen molar-refractivity contribution in [3.05, 3.63) is 77.9 Å². The Morgan fingerprint density at radius 1 is 1.15 bits per heavy atom. The maximum atomic E-state index is 13.6. The molecule has 3 aromatic rings. The Bertz CT molecular complexity index is 884. The molecule has 0 aliphatic carbocycles. The number of aliphatic hydroxyl groups is 1. The standard InChI is InChI=1S/C19H18FN3O2S/c20-16-8-4-5-9-17(16)22-18(25)13-26-19-21-10-15(12-24)23(19)11-14-6-2-1-3-7-14/h1-10,24H,11-13H2,(H,22,25). The largest absolute Gasteiger partial charge is 0.390 e. The van der Waals surface area contributed by atoms with E-state index >= 15 is 0 Å². The second kappa shape index (κ2) is 8.64. The number of thioether (sulfide) groups is 1. The summed E-state index contributed by atoms with van der Waals surface area (Å²) in [5.74, 6) is -0.704. The predicted octanol–water partition coefficient (Wildman–Crippen LogP) is 3.29. The third kappa shape index (κ3) is 4.50. The van der Waals surface area contributed by atoms with Crippen LogP contribution >= 0.6 is 11.8 Å². The van der Waals surface area contributed by atoms with Crippen LogP contribution < -0.4 is 5.32 Å². The van der Waals surface area contributed by atoms with Crippen molar-refractivity contribution in [3.8, 4) is 0 Å². The molecule has 1 amide bonds. The number of hydrogen-bond donors (Lipinski definition) is 2. The molecule has 1 aromatic heterocycles. The number of hydrogen-bond acceptors (Lipinski definition) is 4. The fourth-order valence-corrected chi connectivity index (χ4v) is 3.24. The summed E-state index contributed by atoms with van der Waals surface area (Å²) >= 11 is 1.24. The van der Waals surface area contributed by atoms with E-state index in [2.05, 4.69) is 10.3 Å². The van der Waals surface area contributed by atoms with Crippen molar-refractivity contribution in [2.45, 2.75) is 18.3 Å². The van der Waals surface area contributed by atoms with Crippen LogP contribution in [0.25, 0.3) is 0 Å². The van der Waals surface area contributed by atoms with Gasteiger partial charge in [0.2, 0.25) is 5.91 Å². The van der Waals surface area contributed by atoms with Crippen LogP contribution in [0.1, 0.15) is 11.3 Å². The molecule has 0 spiro atoms. The molecule has 0 radical (unpaired) electrons. The zero-order valence-corrected chi connectivity index (χ0v) is 14.7. The van der Waals surface area contributed by atoms with Crippen LogP contribution in [0, 0.1) is 5.82 Å². The summed E-state index contributed by atoms with van der Waals surface area (Å²) in [4.78, 5) is 16.4. The molecule has 2 N–H and O–H groups in total. The fraction of sp³-hybridized carbons (Fsp3) is 0.158. The van der Waals surface area contributed by atoms with E-state index in [0.29, 0.717) is 17.4 Å². The lowest BCUT2D eigenvalue weighted by Gasteiger charge is -2.11. The second-order valence-electron chi connectivity index (χ2n) is 5.58. The van der Waals surface area contributed by atoms with Crippen LogP contribution in [0.2, 0.25) is 0 Å². The summed E-state index contributed by atoms with van der Waals surface area (Å²) in [7, 11) is 0. The Morgan fingerprint density at radius 3 is 2.62 bits per heavy atom. The topological polar surface area (TPSA) is 67.1 Å². The van der Waals surface area contributed by atoms with Crippen LogP contribution in [0.4, 0.5) is 10.1 Å². The molecule has 1 heterocycles. The highest BCUT2D eigenvalue weighted by molar-refractivity contribution is 7.99. The quantitative estimate of drug-likeness (QED) is 0.626. The van der Waals surface area contributed by atoms with Gasteiger partial charge in [-0.1, -0.05) is 54.2 Å². The number of carbonyl (C=O) groups excluding carboxylic acids is 1. The summed E-state index contributed by atoms with van der Waals surface area (Å²) in [6.07, 6.45) is 1.60. The van der Waals surface area contributed by atoms with Crippen molar-refractivity contribution < 1.29 is 14.3 Å². The van der Waals surface area contributed by atoms with Crippen molar-refractivity contribution in [2.24, 2.45) is 0 Å². The van der Waals surface area contributed by atoms with Gasteiger partial charge in [-0.25, -0.2) is 9.37 Å². The minimum atomic E-state index is -0.473. The van der Waals surface area contributed by atoms with Crippen LogP contribution in [0.3, 0.4) is 0 Å². The first-order valence-corrected chi connectivity index (χ1v) is 9.02. The van der Waals surface area contributed by atoms with Gasteiger partial charge in [-0.05, 0) is 17.7 Å². The molecule has 0 atom stereocenters. The van der Waals surface area contributed by atoms with E-state index in [0.717, 1.165) is 5.56 Å². The van der Waals surface area contributed by atoms with Crippen LogP contribution in [0.5, 0.6) is 0 Å². The van der Waals surface area contributed by atoms with Gasteiger partial charge in [0, 0.05) is 6.54 Å². The highest BCUT2D eigenvalue weighted by Gasteiger charge is 2.13. The molecule has 0 bridgehead atoms. The number of carbonyl (C=O) groups is 1. The van der Waals surface area contributed by atoms with Gasteiger partial charge in [0.15, 0.2) is 5.16 Å². The lowest BCUT2D eigenvalue weighted by Crippen LogP contribution is -2.16. The summed E-state index contributed by atoms with van der Waals surface area (Å²) in [6.45, 7) is 0.413. The first kappa shape index (κ1) is 18.2. The number of anilines is 1. The van der Waals surface area contributed by atoms with Gasteiger partial charge in [0.05, 0.1) is 29.9 Å². The Kier molecular flexibility index (Phi) is 6.04. The third-order valence-corrected chi connectivity index (χ3v) is 4.72. The van der Waals surface area contributed by atoms with Gasteiger partial charge >= 0.3 is 0 Å². The predicted molar refractivity (Wildman–Crippen MR) is 99.4 cm³/mol. The number of benzene rings is 2. The summed E-state index contributed by atoms with van der Waals surface area (Å²) in [6, 6.07) is 15.8. The Hall–Kier alpha value is -2.64. The number of para-hydroxylation sites is 1. The van der Waals surface area contributed by atoms with Crippen LogP contribution in [-0.4, -0.2) is 26.3 Å². The average Bonchev–Trinajstić information content (AvgIpc) is 3.04. The van der Waals surface area contributed by atoms with E-state index in [4.69, 9.17) is 0 Å². The van der Waals surface area contributed by atoms with Crippen LogP contribution in [0.15, 0.2) is 66.0 Å². The minimum absolute atomic E-state index is 0.0883. The number of nitrogens with zero attached hydrogens (tertiary/aromatic N) is 2. The molecule has 0 fully saturated rings.